The molecule has 0 aliphatic carbocycles. The molecule has 1 N–H and O–H groups in total. The van der Waals surface area contributed by atoms with Crippen LogP contribution < -0.4 is 0 Å². The van der Waals surface area contributed by atoms with Crippen LogP contribution in [0, 0.1) is 17.3 Å². The highest BCUT2D eigenvalue weighted by molar-refractivity contribution is 4.70. The molecule has 0 aliphatic rings. The zero-order valence-electron chi connectivity index (χ0n) is 9.93. The first-order valence-electron chi connectivity index (χ1n) is 5.46. The quantitative estimate of drug-likeness (QED) is 0.697. The minimum absolute atomic E-state index is 0.341. The Morgan fingerprint density at radius 3 is 2.00 bits per heavy atom. The van der Waals surface area contributed by atoms with Crippen LogP contribution in [0.5, 0.6) is 0 Å². The first kappa shape index (κ1) is 13.0. The van der Waals surface area contributed by atoms with Crippen LogP contribution in [0.1, 0.15) is 53.9 Å². The van der Waals surface area contributed by atoms with Crippen molar-refractivity contribution < 1.29 is 5.11 Å². The molecular weight excluding hydrogens is 160 g/mol. The van der Waals surface area contributed by atoms with Gasteiger partial charge in [-0.3, -0.25) is 0 Å². The Morgan fingerprint density at radius 2 is 1.69 bits per heavy atom. The average molecular weight is 186 g/mol. The molecule has 0 rings (SSSR count). The highest BCUT2D eigenvalue weighted by Gasteiger charge is 2.18. The second-order valence-corrected chi connectivity index (χ2v) is 5.77. The van der Waals surface area contributed by atoms with Crippen LogP contribution in [0.3, 0.4) is 0 Å². The van der Waals surface area contributed by atoms with Crippen LogP contribution in [-0.2, 0) is 0 Å². The molecule has 0 radical (unpaired) electrons. The van der Waals surface area contributed by atoms with Gasteiger partial charge in [0.05, 0.1) is 0 Å². The van der Waals surface area contributed by atoms with Crippen LogP contribution in [-0.4, -0.2) is 11.7 Å². The standard InChI is InChI=1S/C12H26O/c1-10(2)8-11(6-7-13)9-12(3,4)5/h10-11,13H,6-9H2,1-5H3. The van der Waals surface area contributed by atoms with E-state index in [2.05, 4.69) is 34.6 Å². The fourth-order valence-corrected chi connectivity index (χ4v) is 2.02. The van der Waals surface area contributed by atoms with Crippen molar-refractivity contribution in [1.29, 1.82) is 0 Å². The maximum atomic E-state index is 8.95. The Balaban J connectivity index is 3.94. The molecule has 13 heavy (non-hydrogen) atoms. The third kappa shape index (κ3) is 8.29. The minimum atomic E-state index is 0.341. The van der Waals surface area contributed by atoms with E-state index >= 15 is 0 Å². The summed E-state index contributed by atoms with van der Waals surface area (Å²) in [5, 5.41) is 8.95. The third-order valence-corrected chi connectivity index (χ3v) is 2.24. The average Bonchev–Trinajstić information content (AvgIpc) is 1.81. The molecule has 80 valence electrons. The van der Waals surface area contributed by atoms with E-state index in [1.54, 1.807) is 0 Å². The smallest absolute Gasteiger partial charge is 0.0433 e. The molecule has 0 spiro atoms. The number of aliphatic hydroxyl groups is 1. The number of hydrogen-bond acceptors (Lipinski definition) is 1. The van der Waals surface area contributed by atoms with Gasteiger partial charge < -0.3 is 5.11 Å². The Kier molecular flexibility index (Phi) is 5.62. The molecule has 0 aliphatic heterocycles. The summed E-state index contributed by atoms with van der Waals surface area (Å²) < 4.78 is 0. The molecule has 0 saturated carbocycles. The molecule has 1 heteroatoms. The molecule has 0 amide bonds. The van der Waals surface area contributed by atoms with E-state index in [0.717, 1.165) is 12.3 Å². The van der Waals surface area contributed by atoms with E-state index in [0.29, 0.717) is 17.9 Å². The van der Waals surface area contributed by atoms with E-state index < -0.39 is 0 Å². The van der Waals surface area contributed by atoms with Crippen molar-refractivity contribution in [3.8, 4) is 0 Å². The summed E-state index contributed by atoms with van der Waals surface area (Å²) in [4.78, 5) is 0. The fraction of sp³-hybridized carbons (Fsp3) is 1.00. The topological polar surface area (TPSA) is 20.2 Å². The summed E-state index contributed by atoms with van der Waals surface area (Å²) >= 11 is 0. The molecule has 1 unspecified atom stereocenters. The Morgan fingerprint density at radius 1 is 1.15 bits per heavy atom. The Bertz CT molecular complexity index is 122. The van der Waals surface area contributed by atoms with Crippen LogP contribution >= 0.6 is 0 Å². The van der Waals surface area contributed by atoms with E-state index in [9.17, 15) is 0 Å². The fourth-order valence-electron chi connectivity index (χ4n) is 2.02. The molecule has 1 atom stereocenters. The van der Waals surface area contributed by atoms with Crippen LogP contribution in [0.15, 0.2) is 0 Å². The normalized spacial score (nSPS) is 15.0. The van der Waals surface area contributed by atoms with Crippen LogP contribution in [0.4, 0.5) is 0 Å². The van der Waals surface area contributed by atoms with E-state index in [-0.39, 0.29) is 0 Å². The molecule has 0 fully saturated rings. The van der Waals surface area contributed by atoms with Gasteiger partial charge in [0.25, 0.3) is 0 Å². The van der Waals surface area contributed by atoms with Gasteiger partial charge in [-0.15, -0.1) is 0 Å². The summed E-state index contributed by atoms with van der Waals surface area (Å²) in [6.07, 6.45) is 3.44. The lowest BCUT2D eigenvalue weighted by Gasteiger charge is -2.26. The van der Waals surface area contributed by atoms with Gasteiger partial charge in [0.15, 0.2) is 0 Å². The van der Waals surface area contributed by atoms with E-state index in [1.165, 1.54) is 12.8 Å². The zero-order chi connectivity index (χ0) is 10.5. The van der Waals surface area contributed by atoms with Gasteiger partial charge in [0.1, 0.15) is 0 Å². The van der Waals surface area contributed by atoms with Gasteiger partial charge in [-0.1, -0.05) is 34.6 Å². The molecule has 0 bridgehead atoms. The summed E-state index contributed by atoms with van der Waals surface area (Å²) in [6.45, 7) is 11.7. The Hall–Kier alpha value is -0.0400. The van der Waals surface area contributed by atoms with Crippen LogP contribution in [0.2, 0.25) is 0 Å². The Labute approximate surface area is 83.5 Å². The second-order valence-electron chi connectivity index (χ2n) is 5.77. The van der Waals surface area contributed by atoms with Gasteiger partial charge in [0.2, 0.25) is 0 Å². The summed E-state index contributed by atoms with van der Waals surface area (Å²) in [6, 6.07) is 0. The van der Waals surface area contributed by atoms with Gasteiger partial charge in [0, 0.05) is 6.61 Å². The predicted molar refractivity (Wildman–Crippen MR) is 58.7 cm³/mol. The molecule has 0 aromatic carbocycles. The molecule has 1 nitrogen and oxygen atoms in total. The SMILES string of the molecule is CC(C)CC(CCO)CC(C)(C)C. The molecular formula is C12H26O. The van der Waals surface area contributed by atoms with Crippen molar-refractivity contribution in [2.75, 3.05) is 6.61 Å². The van der Waals surface area contributed by atoms with E-state index in [1.807, 2.05) is 0 Å². The molecule has 0 heterocycles. The highest BCUT2D eigenvalue weighted by atomic mass is 16.3. The predicted octanol–water partition coefficient (Wildman–Crippen LogP) is 3.47. The van der Waals surface area contributed by atoms with Crippen LogP contribution in [0.25, 0.3) is 0 Å². The summed E-state index contributed by atoms with van der Waals surface area (Å²) in [5.41, 5.74) is 0.398. The van der Waals surface area contributed by atoms with Gasteiger partial charge in [-0.2, -0.15) is 0 Å². The molecule has 0 aromatic rings. The monoisotopic (exact) mass is 186 g/mol. The van der Waals surface area contributed by atoms with E-state index in [4.69, 9.17) is 5.11 Å². The minimum Gasteiger partial charge on any atom is -0.396 e. The van der Waals surface area contributed by atoms with Gasteiger partial charge in [-0.25, -0.2) is 0 Å². The van der Waals surface area contributed by atoms with Crippen molar-refractivity contribution in [3.05, 3.63) is 0 Å². The summed E-state index contributed by atoms with van der Waals surface area (Å²) in [7, 11) is 0. The van der Waals surface area contributed by atoms with Gasteiger partial charge >= 0.3 is 0 Å². The lowest BCUT2D eigenvalue weighted by molar-refractivity contribution is 0.199. The number of rotatable bonds is 5. The van der Waals surface area contributed by atoms with Crippen molar-refractivity contribution in [3.63, 3.8) is 0 Å². The first-order chi connectivity index (χ1) is 5.85. The lowest BCUT2D eigenvalue weighted by Crippen LogP contribution is -2.16. The maximum absolute atomic E-state index is 8.95. The lowest BCUT2D eigenvalue weighted by atomic mass is 9.80. The maximum Gasteiger partial charge on any atom is 0.0433 e. The number of hydrogen-bond donors (Lipinski definition) is 1. The zero-order valence-corrected chi connectivity index (χ0v) is 9.93. The van der Waals surface area contributed by atoms with Crippen molar-refractivity contribution in [2.45, 2.75) is 53.9 Å². The van der Waals surface area contributed by atoms with Crippen molar-refractivity contribution in [2.24, 2.45) is 17.3 Å². The largest absolute Gasteiger partial charge is 0.396 e. The third-order valence-electron chi connectivity index (χ3n) is 2.24. The van der Waals surface area contributed by atoms with Gasteiger partial charge in [-0.05, 0) is 36.5 Å². The first-order valence-corrected chi connectivity index (χ1v) is 5.46. The van der Waals surface area contributed by atoms with Crippen molar-refractivity contribution >= 4 is 0 Å². The number of aliphatic hydroxyl groups excluding tert-OH is 1. The second kappa shape index (κ2) is 5.64. The summed E-state index contributed by atoms with van der Waals surface area (Å²) in [5.74, 6) is 1.45. The highest BCUT2D eigenvalue weighted by Crippen LogP contribution is 2.30. The molecule has 0 saturated heterocycles. The molecule has 0 aromatic heterocycles. The van der Waals surface area contributed by atoms with Crippen molar-refractivity contribution in [1.82, 2.24) is 0 Å².